The van der Waals surface area contributed by atoms with Crippen molar-refractivity contribution >= 4 is 78.4 Å². The molecule has 10 aromatic rings. The Bertz CT molecular complexity index is 3680. The van der Waals surface area contributed by atoms with Crippen LogP contribution >= 0.6 is 22.7 Å². The van der Waals surface area contributed by atoms with Gasteiger partial charge in [0.1, 0.15) is 17.3 Å². The van der Waals surface area contributed by atoms with Crippen molar-refractivity contribution < 1.29 is 42.2 Å². The number of isocyanates is 1. The predicted octanol–water partition coefficient (Wildman–Crippen LogP) is 11.6. The summed E-state index contributed by atoms with van der Waals surface area (Å²) in [5.41, 5.74) is 10.2. The number of imidazole rings is 2. The van der Waals surface area contributed by atoms with Crippen molar-refractivity contribution in [3.05, 3.63) is 181 Å². The van der Waals surface area contributed by atoms with Gasteiger partial charge in [-0.2, -0.15) is 0 Å². The minimum absolute atomic E-state index is 0.0134. The smallest absolute Gasteiger partial charge is 0.325 e. The van der Waals surface area contributed by atoms with E-state index in [1.807, 2.05) is 78.0 Å². The summed E-state index contributed by atoms with van der Waals surface area (Å²) in [7, 11) is 3.84. The highest BCUT2D eigenvalue weighted by molar-refractivity contribution is 7.22. The van der Waals surface area contributed by atoms with E-state index in [0.29, 0.717) is 22.7 Å². The van der Waals surface area contributed by atoms with Gasteiger partial charge >= 0.3 is 6.03 Å². The molecule has 21 heteroatoms. The molecule has 1 aliphatic rings. The molecule has 1 saturated heterocycles. The zero-order chi connectivity index (χ0) is 54.1. The zero-order valence-electron chi connectivity index (χ0n) is 41.4. The maximum atomic E-state index is 14.8. The number of amides is 4. The van der Waals surface area contributed by atoms with E-state index in [9.17, 15) is 28.0 Å². The van der Waals surface area contributed by atoms with E-state index in [2.05, 4.69) is 35.6 Å². The maximum absolute atomic E-state index is 14.8. The number of pyridine rings is 2. The number of nitrogen functional groups attached to an aromatic ring is 1. The molecule has 0 atom stereocenters. The summed E-state index contributed by atoms with van der Waals surface area (Å²) < 4.78 is 50.8. The summed E-state index contributed by atoms with van der Waals surface area (Å²) in [5, 5.41) is 4.69. The van der Waals surface area contributed by atoms with E-state index in [1.165, 1.54) is 65.9 Å². The fraction of sp³-hybridized carbons (Fsp3) is 0.143. The minimum atomic E-state index is -0.750. The average molecular weight is 1080 g/mol. The van der Waals surface area contributed by atoms with Crippen LogP contribution in [0.4, 0.5) is 25.0 Å². The Labute approximate surface area is 447 Å². The van der Waals surface area contributed by atoms with E-state index < -0.39 is 29.5 Å². The second-order valence-electron chi connectivity index (χ2n) is 16.8. The normalized spacial score (nSPS) is 11.4. The number of anilines is 2. The summed E-state index contributed by atoms with van der Waals surface area (Å²) in [6, 6.07) is 33.1. The molecule has 0 saturated carbocycles. The molecule has 0 bridgehead atoms. The topological polar surface area (TPSA) is 220 Å². The summed E-state index contributed by atoms with van der Waals surface area (Å²) in [4.78, 5) is 66.9. The average Bonchev–Trinajstić information content (AvgIpc) is 4.31. The van der Waals surface area contributed by atoms with Crippen molar-refractivity contribution in [2.75, 3.05) is 24.3 Å². The number of hydrogen-bond acceptors (Lipinski definition) is 14. The molecule has 1 fully saturated rings. The Morgan fingerprint density at radius 1 is 0.714 bits per heavy atom. The van der Waals surface area contributed by atoms with E-state index >= 15 is 0 Å². The molecule has 0 unspecified atom stereocenters. The SMILES string of the molecule is C1CCOC1.Cn1ccnc1-c1cc2nccc(Oc3ccc(NC(=O)NC(=O)Cc4ccccc4)cc3F)c2s1.Cn1cncc1-c1cc2nccc(Oc3ccc(N)cc3F)c2s1.O=C=NC(=O)Cc1ccccc1. The van der Waals surface area contributed by atoms with Crippen LogP contribution in [0.2, 0.25) is 0 Å². The molecule has 1 aliphatic heterocycles. The molecule has 4 aromatic carbocycles. The number of aromatic nitrogens is 6. The largest absolute Gasteiger partial charge is 0.453 e. The van der Waals surface area contributed by atoms with Crippen LogP contribution in [0.15, 0.2) is 164 Å². The standard InChI is InChI=1S/C26H20FN5O3S.C17H13FN4OS.C9H7NO2.C4H8O/c1-32-12-11-29-25(32)22-15-19-24(36-22)21(9-10-28-19)35-20-8-7-17(14-18(20)27)30-26(34)31-23(33)13-16-5-3-2-4-6-16;1-22-9-20-8-13(22)16-7-12-17(24-16)15(4-5-21-12)23-14-3-2-10(19)6-11(14)18;11-7-10-9(12)6-8-4-2-1-3-5-8;1-2-4-5-3-1/h2-12,14-15H,13H2,1H3,(H2,30,31,33,34);2-9H,19H2,1H3;1-5H,6H2;1-4H2. The Morgan fingerprint density at radius 2 is 1.31 bits per heavy atom. The van der Waals surface area contributed by atoms with Crippen molar-refractivity contribution in [2.45, 2.75) is 25.7 Å². The van der Waals surface area contributed by atoms with Crippen LogP contribution in [0.25, 0.3) is 41.7 Å². The number of ether oxygens (including phenoxy) is 3. The van der Waals surface area contributed by atoms with E-state index in [4.69, 9.17) is 19.9 Å². The molecule has 7 heterocycles. The van der Waals surface area contributed by atoms with E-state index in [1.54, 1.807) is 73.6 Å². The number of thiophene rings is 2. The maximum Gasteiger partial charge on any atom is 0.325 e. The first kappa shape index (κ1) is 54.0. The van der Waals surface area contributed by atoms with Crippen molar-refractivity contribution in [3.8, 4) is 44.3 Å². The number of nitrogens with two attached hydrogens (primary N) is 1. The summed E-state index contributed by atoms with van der Waals surface area (Å²) in [6.45, 7) is 2.00. The fourth-order valence-electron chi connectivity index (χ4n) is 7.41. The van der Waals surface area contributed by atoms with Crippen LogP contribution in [0, 0.1) is 11.6 Å². The number of hydrogen-bond donors (Lipinski definition) is 3. The minimum Gasteiger partial charge on any atom is -0.453 e. The van der Waals surface area contributed by atoms with Crippen molar-refractivity contribution in [2.24, 2.45) is 19.1 Å². The molecule has 0 aliphatic carbocycles. The molecule has 77 heavy (non-hydrogen) atoms. The lowest BCUT2D eigenvalue weighted by atomic mass is 10.1. The molecule has 17 nitrogen and oxygen atoms in total. The highest BCUT2D eigenvalue weighted by Crippen LogP contribution is 2.41. The first-order valence-corrected chi connectivity index (χ1v) is 25.3. The number of aryl methyl sites for hydroxylation is 2. The van der Waals surface area contributed by atoms with Gasteiger partial charge in [-0.15, -0.1) is 27.7 Å². The lowest BCUT2D eigenvalue weighted by Crippen LogP contribution is -2.35. The van der Waals surface area contributed by atoms with Gasteiger partial charge in [0.15, 0.2) is 23.1 Å². The van der Waals surface area contributed by atoms with Gasteiger partial charge in [0.2, 0.25) is 12.0 Å². The van der Waals surface area contributed by atoms with Crippen molar-refractivity contribution in [3.63, 3.8) is 0 Å². The monoisotopic (exact) mass is 1070 g/mol. The summed E-state index contributed by atoms with van der Waals surface area (Å²) >= 11 is 2.98. The molecular weight excluding hydrogens is 1030 g/mol. The summed E-state index contributed by atoms with van der Waals surface area (Å²) in [5.74, 6) is -0.175. The molecular formula is C56H48F2N10O7S2. The quantitative estimate of drug-likeness (QED) is 0.0626. The van der Waals surface area contributed by atoms with E-state index in [-0.39, 0.29) is 30.0 Å². The second kappa shape index (κ2) is 26.3. The lowest BCUT2D eigenvalue weighted by Gasteiger charge is -2.10. The number of carbonyl (C=O) groups is 3. The van der Waals surface area contributed by atoms with Gasteiger partial charge in [0.25, 0.3) is 5.91 Å². The van der Waals surface area contributed by atoms with E-state index in [0.717, 1.165) is 66.6 Å². The highest BCUT2D eigenvalue weighted by Gasteiger charge is 2.17. The van der Waals surface area contributed by atoms with Crippen LogP contribution in [0.3, 0.4) is 0 Å². The Morgan fingerprint density at radius 3 is 1.86 bits per heavy atom. The molecule has 4 amide bonds. The number of aliphatic imine (C=N–C) groups is 1. The molecule has 0 radical (unpaired) electrons. The van der Waals surface area contributed by atoms with Crippen molar-refractivity contribution in [1.82, 2.24) is 34.4 Å². The number of nitrogens with zero attached hydrogens (tertiary/aromatic N) is 7. The number of nitrogens with one attached hydrogen (secondary N) is 2. The van der Waals surface area contributed by atoms with Crippen LogP contribution in [-0.4, -0.2) is 66.2 Å². The second-order valence-corrected chi connectivity index (χ2v) is 18.9. The first-order chi connectivity index (χ1) is 37.4. The highest BCUT2D eigenvalue weighted by atomic mass is 32.1. The third-order valence-electron chi connectivity index (χ3n) is 11.1. The number of halogens is 2. The third kappa shape index (κ3) is 15.0. The number of fused-ring (bicyclic) bond motifs is 2. The van der Waals surface area contributed by atoms with Gasteiger partial charge in [0.05, 0.1) is 61.2 Å². The summed E-state index contributed by atoms with van der Waals surface area (Å²) in [6.07, 6.45) is 14.3. The molecule has 0 spiro atoms. The zero-order valence-corrected chi connectivity index (χ0v) is 43.0. The number of carbonyl (C=O) groups excluding carboxylic acids is 4. The molecule has 4 N–H and O–H groups in total. The predicted molar refractivity (Wildman–Crippen MR) is 292 cm³/mol. The molecule has 11 rings (SSSR count). The van der Waals surface area contributed by atoms with Gasteiger partial charge in [-0.3, -0.25) is 24.9 Å². The number of imide groups is 1. The van der Waals surface area contributed by atoms with Gasteiger partial charge in [-0.25, -0.2) is 28.3 Å². The third-order valence-corrected chi connectivity index (χ3v) is 13.4. The van der Waals surface area contributed by atoms with Crippen LogP contribution in [-0.2, 0) is 46.1 Å². The van der Waals surface area contributed by atoms with Gasteiger partial charge in [-0.1, -0.05) is 60.7 Å². The molecule has 390 valence electrons. The van der Waals surface area contributed by atoms with Gasteiger partial charge < -0.3 is 34.4 Å². The van der Waals surface area contributed by atoms with Crippen LogP contribution in [0.5, 0.6) is 23.0 Å². The number of benzene rings is 4. The van der Waals surface area contributed by atoms with Gasteiger partial charge in [-0.05, 0) is 60.4 Å². The Hall–Kier alpha value is -9.27. The lowest BCUT2D eigenvalue weighted by molar-refractivity contribution is -0.119. The molecule has 6 aromatic heterocycles. The fourth-order valence-corrected chi connectivity index (χ4v) is 9.63. The van der Waals surface area contributed by atoms with Gasteiger partial charge in [0, 0.05) is 87.7 Å². The Balaban J connectivity index is 0.000000162. The first-order valence-electron chi connectivity index (χ1n) is 23.7. The van der Waals surface area contributed by atoms with Crippen LogP contribution in [0.1, 0.15) is 24.0 Å². The van der Waals surface area contributed by atoms with Crippen LogP contribution < -0.4 is 25.8 Å². The van der Waals surface area contributed by atoms with Crippen molar-refractivity contribution in [1.29, 1.82) is 0 Å². The Kier molecular flexibility index (Phi) is 18.4. The number of urea groups is 1. The number of rotatable bonds is 11.